The Kier molecular flexibility index (Phi) is 4.48. The minimum absolute atomic E-state index is 0.117. The first-order valence-corrected chi connectivity index (χ1v) is 8.90. The van der Waals surface area contributed by atoms with E-state index in [4.69, 9.17) is 28.3 Å². The summed E-state index contributed by atoms with van der Waals surface area (Å²) in [6.07, 6.45) is 0.792. The van der Waals surface area contributed by atoms with Gasteiger partial charge in [-0.2, -0.15) is 5.10 Å². The highest BCUT2D eigenvalue weighted by Gasteiger charge is 2.30. The van der Waals surface area contributed by atoms with Gasteiger partial charge in [-0.05, 0) is 35.9 Å². The molecule has 4 rings (SSSR count). The van der Waals surface area contributed by atoms with E-state index in [-0.39, 0.29) is 6.04 Å². The van der Waals surface area contributed by atoms with Crippen LogP contribution in [0, 0.1) is 0 Å². The van der Waals surface area contributed by atoms with Crippen molar-refractivity contribution < 1.29 is 0 Å². The zero-order valence-electron chi connectivity index (χ0n) is 13.4. The molecule has 0 saturated carbocycles. The number of para-hydroxylation sites is 1. The molecule has 25 heavy (non-hydrogen) atoms. The summed E-state index contributed by atoms with van der Waals surface area (Å²) >= 11 is 12.5. The molecule has 1 aliphatic heterocycles. The fourth-order valence-electron chi connectivity index (χ4n) is 3.13. The summed E-state index contributed by atoms with van der Waals surface area (Å²) in [4.78, 5) is 0. The van der Waals surface area contributed by atoms with Crippen molar-refractivity contribution in [1.82, 2.24) is 0 Å². The normalized spacial score (nSPS) is 16.8. The Labute approximate surface area is 157 Å². The van der Waals surface area contributed by atoms with Crippen LogP contribution in [0.25, 0.3) is 0 Å². The second-order valence-corrected chi connectivity index (χ2v) is 6.82. The van der Waals surface area contributed by atoms with Crippen LogP contribution in [-0.2, 0) is 0 Å². The van der Waals surface area contributed by atoms with Gasteiger partial charge in [-0.3, -0.25) is 5.01 Å². The van der Waals surface area contributed by atoms with Gasteiger partial charge in [-0.25, -0.2) is 0 Å². The Morgan fingerprint density at radius 3 is 2.20 bits per heavy atom. The van der Waals surface area contributed by atoms with Crippen LogP contribution in [0.3, 0.4) is 0 Å². The number of benzene rings is 3. The molecule has 124 valence electrons. The van der Waals surface area contributed by atoms with E-state index in [2.05, 4.69) is 29.3 Å². The predicted octanol–water partition coefficient (Wildman–Crippen LogP) is 6.35. The molecule has 0 aromatic heterocycles. The second kappa shape index (κ2) is 6.91. The van der Waals surface area contributed by atoms with Crippen molar-refractivity contribution in [2.24, 2.45) is 5.10 Å². The average molecular weight is 367 g/mol. The van der Waals surface area contributed by atoms with Crippen LogP contribution >= 0.6 is 23.2 Å². The second-order valence-electron chi connectivity index (χ2n) is 5.98. The smallest absolute Gasteiger partial charge is 0.0831 e. The van der Waals surface area contributed by atoms with Crippen LogP contribution in [0.1, 0.15) is 23.6 Å². The van der Waals surface area contributed by atoms with E-state index in [1.807, 2.05) is 54.6 Å². The van der Waals surface area contributed by atoms with Crippen LogP contribution in [0.2, 0.25) is 10.0 Å². The van der Waals surface area contributed by atoms with E-state index in [1.54, 1.807) is 0 Å². The van der Waals surface area contributed by atoms with Crippen LogP contribution in [-0.4, -0.2) is 5.71 Å². The standard InChI is InChI=1S/C21H16Cl2N2/c22-16-12-10-15(11-13-16)21-14-20(18-8-4-5-9-19(18)23)24-25(21)17-6-2-1-3-7-17/h1-13,21H,14H2/t21-/m0/s1. The van der Waals surface area contributed by atoms with Crippen molar-refractivity contribution in [2.45, 2.75) is 12.5 Å². The molecule has 1 heterocycles. The SMILES string of the molecule is Clc1ccc([C@@H]2CC(c3ccccc3Cl)=NN2c2ccccc2)cc1. The Hall–Kier alpha value is -2.29. The van der Waals surface area contributed by atoms with Crippen molar-refractivity contribution >= 4 is 34.6 Å². The molecule has 2 nitrogen and oxygen atoms in total. The number of hydrazone groups is 1. The number of halogens is 2. The van der Waals surface area contributed by atoms with Crippen molar-refractivity contribution in [1.29, 1.82) is 0 Å². The summed E-state index contributed by atoms with van der Waals surface area (Å²) in [5, 5.41) is 8.44. The maximum Gasteiger partial charge on any atom is 0.0831 e. The monoisotopic (exact) mass is 366 g/mol. The maximum atomic E-state index is 6.40. The summed E-state index contributed by atoms with van der Waals surface area (Å²) in [7, 11) is 0. The quantitative estimate of drug-likeness (QED) is 0.527. The lowest BCUT2D eigenvalue weighted by Gasteiger charge is -2.24. The highest BCUT2D eigenvalue weighted by atomic mass is 35.5. The van der Waals surface area contributed by atoms with Gasteiger partial charge in [0.05, 0.1) is 17.4 Å². The minimum atomic E-state index is 0.117. The fourth-order valence-corrected chi connectivity index (χ4v) is 3.50. The molecule has 3 aromatic rings. The van der Waals surface area contributed by atoms with Gasteiger partial charge < -0.3 is 0 Å². The first-order chi connectivity index (χ1) is 12.2. The van der Waals surface area contributed by atoms with Gasteiger partial charge in [0.1, 0.15) is 0 Å². The number of hydrogen-bond acceptors (Lipinski definition) is 2. The zero-order chi connectivity index (χ0) is 17.2. The molecule has 3 aromatic carbocycles. The summed E-state index contributed by atoms with van der Waals surface area (Å²) < 4.78 is 0. The zero-order valence-corrected chi connectivity index (χ0v) is 15.0. The Morgan fingerprint density at radius 2 is 1.48 bits per heavy atom. The summed E-state index contributed by atoms with van der Waals surface area (Å²) in [6.45, 7) is 0. The maximum absolute atomic E-state index is 6.40. The van der Waals surface area contributed by atoms with E-state index in [0.717, 1.165) is 33.4 Å². The minimum Gasteiger partial charge on any atom is -0.257 e. The molecule has 4 heteroatoms. The molecule has 0 spiro atoms. The molecule has 0 aliphatic carbocycles. The molecule has 1 atom stereocenters. The first kappa shape index (κ1) is 16.2. The fraction of sp³-hybridized carbons (Fsp3) is 0.0952. The number of anilines is 1. The lowest BCUT2D eigenvalue weighted by atomic mass is 9.98. The van der Waals surface area contributed by atoms with Crippen molar-refractivity contribution in [2.75, 3.05) is 5.01 Å². The average Bonchev–Trinajstić information content (AvgIpc) is 3.08. The molecular formula is C21H16Cl2N2. The molecule has 0 radical (unpaired) electrons. The summed E-state index contributed by atoms with van der Waals surface area (Å²) in [5.41, 5.74) is 4.22. The van der Waals surface area contributed by atoms with Gasteiger partial charge in [0.25, 0.3) is 0 Å². The van der Waals surface area contributed by atoms with Gasteiger partial charge in [-0.1, -0.05) is 71.7 Å². The molecule has 0 fully saturated rings. The van der Waals surface area contributed by atoms with Gasteiger partial charge in [0.15, 0.2) is 0 Å². The molecule has 1 aliphatic rings. The number of nitrogens with zero attached hydrogens (tertiary/aromatic N) is 2. The molecule has 0 saturated heterocycles. The lowest BCUT2D eigenvalue weighted by Crippen LogP contribution is -2.18. The third-order valence-corrected chi connectivity index (χ3v) is 4.95. The van der Waals surface area contributed by atoms with Gasteiger partial charge in [-0.15, -0.1) is 0 Å². The molecule has 0 bridgehead atoms. The van der Waals surface area contributed by atoms with Gasteiger partial charge in [0, 0.05) is 22.0 Å². The van der Waals surface area contributed by atoms with Crippen molar-refractivity contribution in [3.8, 4) is 0 Å². The Bertz CT molecular complexity index is 905. The molecule has 0 N–H and O–H groups in total. The van der Waals surface area contributed by atoms with Crippen LogP contribution < -0.4 is 5.01 Å². The van der Waals surface area contributed by atoms with Crippen LogP contribution in [0.15, 0.2) is 84.0 Å². The molecule has 0 unspecified atom stereocenters. The third-order valence-electron chi connectivity index (χ3n) is 4.37. The lowest BCUT2D eigenvalue weighted by molar-refractivity contribution is 0.709. The van der Waals surface area contributed by atoms with Crippen LogP contribution in [0.4, 0.5) is 5.69 Å². The largest absolute Gasteiger partial charge is 0.257 e. The van der Waals surface area contributed by atoms with Gasteiger partial charge >= 0.3 is 0 Å². The predicted molar refractivity (Wildman–Crippen MR) is 106 cm³/mol. The highest BCUT2D eigenvalue weighted by Crippen LogP contribution is 2.37. The Balaban J connectivity index is 1.77. The van der Waals surface area contributed by atoms with Crippen molar-refractivity contribution in [3.63, 3.8) is 0 Å². The highest BCUT2D eigenvalue weighted by molar-refractivity contribution is 6.34. The summed E-state index contributed by atoms with van der Waals surface area (Å²) in [6, 6.07) is 26.2. The molecular weight excluding hydrogens is 351 g/mol. The van der Waals surface area contributed by atoms with Crippen LogP contribution in [0.5, 0.6) is 0 Å². The van der Waals surface area contributed by atoms with E-state index < -0.39 is 0 Å². The van der Waals surface area contributed by atoms with E-state index in [0.29, 0.717) is 0 Å². The van der Waals surface area contributed by atoms with E-state index in [9.17, 15) is 0 Å². The number of rotatable bonds is 3. The first-order valence-electron chi connectivity index (χ1n) is 8.14. The molecule has 0 amide bonds. The number of hydrogen-bond donors (Lipinski definition) is 0. The van der Waals surface area contributed by atoms with Crippen molar-refractivity contribution in [3.05, 3.63) is 100 Å². The van der Waals surface area contributed by atoms with E-state index in [1.165, 1.54) is 5.56 Å². The third kappa shape index (κ3) is 3.28. The summed E-state index contributed by atoms with van der Waals surface area (Å²) in [5.74, 6) is 0. The Morgan fingerprint density at radius 1 is 0.800 bits per heavy atom. The topological polar surface area (TPSA) is 15.6 Å². The van der Waals surface area contributed by atoms with Gasteiger partial charge in [0.2, 0.25) is 0 Å². The van der Waals surface area contributed by atoms with E-state index >= 15 is 0 Å².